The van der Waals surface area contributed by atoms with Gasteiger partial charge in [-0.05, 0) is 25.1 Å². The third-order valence-electron chi connectivity index (χ3n) is 4.47. The van der Waals surface area contributed by atoms with Crippen LogP contribution in [0.5, 0.6) is 11.5 Å². The van der Waals surface area contributed by atoms with Crippen LogP contribution in [-0.2, 0) is 4.79 Å². The molecule has 6 nitrogen and oxygen atoms in total. The number of ether oxygens (including phenoxy) is 2. The lowest BCUT2D eigenvalue weighted by molar-refractivity contribution is -0.123. The van der Waals surface area contributed by atoms with Crippen LogP contribution >= 0.6 is 0 Å². The average molecular weight is 333 g/mol. The van der Waals surface area contributed by atoms with Crippen LogP contribution in [0.15, 0.2) is 24.3 Å². The van der Waals surface area contributed by atoms with E-state index in [2.05, 4.69) is 22.0 Å². The third kappa shape index (κ3) is 4.61. The number of nitrogens with zero attached hydrogens (tertiary/aromatic N) is 2. The number of benzene rings is 1. The highest BCUT2D eigenvalue weighted by atomic mass is 16.6. The van der Waals surface area contributed by atoms with Crippen LogP contribution in [0.4, 0.5) is 0 Å². The van der Waals surface area contributed by atoms with Crippen LogP contribution in [0.3, 0.4) is 0 Å². The molecule has 3 rings (SSSR count). The summed E-state index contributed by atoms with van der Waals surface area (Å²) in [6.45, 7) is 8.79. The molecule has 1 amide bonds. The Morgan fingerprint density at radius 2 is 1.88 bits per heavy atom. The standard InChI is InChI=1S/C18H27N3O3/c1-2-7-20-8-10-21(11-9-20)13-18(22)19-12-15-14-23-16-5-3-4-6-17(16)24-15/h3-6,15H,2,7-14H2,1H3,(H,19,22). The molecule has 0 bridgehead atoms. The molecule has 2 aliphatic heterocycles. The van der Waals surface area contributed by atoms with Crippen LogP contribution in [0.2, 0.25) is 0 Å². The lowest BCUT2D eigenvalue weighted by Crippen LogP contribution is -2.50. The molecule has 1 aromatic rings. The maximum atomic E-state index is 12.1. The Morgan fingerprint density at radius 3 is 2.62 bits per heavy atom. The van der Waals surface area contributed by atoms with Gasteiger partial charge in [0.25, 0.3) is 0 Å². The number of fused-ring (bicyclic) bond motifs is 1. The number of carbonyl (C=O) groups excluding carboxylic acids is 1. The molecular weight excluding hydrogens is 306 g/mol. The van der Waals surface area contributed by atoms with E-state index in [1.807, 2.05) is 24.3 Å². The lowest BCUT2D eigenvalue weighted by atomic mass is 10.2. The molecule has 24 heavy (non-hydrogen) atoms. The maximum absolute atomic E-state index is 12.1. The van der Waals surface area contributed by atoms with Crippen molar-refractivity contribution in [3.05, 3.63) is 24.3 Å². The molecule has 132 valence electrons. The molecule has 1 unspecified atom stereocenters. The number of piperazine rings is 1. The molecule has 1 saturated heterocycles. The number of hydrogen-bond acceptors (Lipinski definition) is 5. The zero-order valence-corrected chi connectivity index (χ0v) is 14.4. The summed E-state index contributed by atoms with van der Waals surface area (Å²) in [4.78, 5) is 16.8. The number of para-hydroxylation sites is 2. The van der Waals surface area contributed by atoms with E-state index in [-0.39, 0.29) is 12.0 Å². The van der Waals surface area contributed by atoms with Crippen molar-refractivity contribution in [2.75, 3.05) is 52.4 Å². The first kappa shape index (κ1) is 17.0. The fraction of sp³-hybridized carbons (Fsp3) is 0.611. The van der Waals surface area contributed by atoms with E-state index in [4.69, 9.17) is 9.47 Å². The number of hydrogen-bond donors (Lipinski definition) is 1. The van der Waals surface area contributed by atoms with E-state index in [0.717, 1.165) is 44.2 Å². The summed E-state index contributed by atoms with van der Waals surface area (Å²) in [5.41, 5.74) is 0. The Morgan fingerprint density at radius 1 is 1.17 bits per heavy atom. The molecule has 0 saturated carbocycles. The molecule has 0 aliphatic carbocycles. The Balaban J connectivity index is 1.36. The van der Waals surface area contributed by atoms with Gasteiger partial charge in [-0.3, -0.25) is 9.69 Å². The normalized spacial score (nSPS) is 21.5. The van der Waals surface area contributed by atoms with Crippen molar-refractivity contribution in [1.29, 1.82) is 0 Å². The minimum Gasteiger partial charge on any atom is -0.486 e. The smallest absolute Gasteiger partial charge is 0.234 e. The van der Waals surface area contributed by atoms with Gasteiger partial charge in [0.2, 0.25) is 5.91 Å². The van der Waals surface area contributed by atoms with Crippen LogP contribution in [0, 0.1) is 0 Å². The number of carbonyl (C=O) groups is 1. The van der Waals surface area contributed by atoms with E-state index >= 15 is 0 Å². The molecule has 2 aliphatic rings. The Labute approximate surface area is 143 Å². The highest BCUT2D eigenvalue weighted by Crippen LogP contribution is 2.30. The van der Waals surface area contributed by atoms with Gasteiger partial charge in [-0.1, -0.05) is 19.1 Å². The van der Waals surface area contributed by atoms with E-state index in [1.165, 1.54) is 6.42 Å². The second kappa shape index (κ2) is 8.35. The van der Waals surface area contributed by atoms with Crippen molar-refractivity contribution < 1.29 is 14.3 Å². The predicted molar refractivity (Wildman–Crippen MR) is 92.5 cm³/mol. The van der Waals surface area contributed by atoms with Crippen molar-refractivity contribution >= 4 is 5.91 Å². The molecule has 1 fully saturated rings. The Kier molecular flexibility index (Phi) is 5.93. The van der Waals surface area contributed by atoms with Gasteiger partial charge in [-0.15, -0.1) is 0 Å². The van der Waals surface area contributed by atoms with Gasteiger partial charge in [0.05, 0.1) is 13.1 Å². The summed E-state index contributed by atoms with van der Waals surface area (Å²) in [7, 11) is 0. The van der Waals surface area contributed by atoms with E-state index in [1.54, 1.807) is 0 Å². The molecule has 2 heterocycles. The lowest BCUT2D eigenvalue weighted by Gasteiger charge is -2.34. The Hall–Kier alpha value is -1.79. The zero-order valence-electron chi connectivity index (χ0n) is 14.4. The Bertz CT molecular complexity index is 544. The number of nitrogens with one attached hydrogen (secondary N) is 1. The molecular formula is C18H27N3O3. The molecule has 1 N–H and O–H groups in total. The molecule has 6 heteroatoms. The monoisotopic (exact) mass is 333 g/mol. The first-order valence-corrected chi connectivity index (χ1v) is 8.84. The summed E-state index contributed by atoms with van der Waals surface area (Å²) in [5, 5.41) is 2.97. The van der Waals surface area contributed by atoms with Gasteiger partial charge < -0.3 is 19.7 Å². The van der Waals surface area contributed by atoms with Crippen molar-refractivity contribution in [3.8, 4) is 11.5 Å². The topological polar surface area (TPSA) is 54.0 Å². The molecule has 1 atom stereocenters. The summed E-state index contributed by atoms with van der Waals surface area (Å²) in [6, 6.07) is 7.62. The average Bonchev–Trinajstić information content (AvgIpc) is 2.62. The van der Waals surface area contributed by atoms with E-state index in [0.29, 0.717) is 19.7 Å². The van der Waals surface area contributed by atoms with E-state index in [9.17, 15) is 4.79 Å². The van der Waals surface area contributed by atoms with Gasteiger partial charge in [0.15, 0.2) is 11.5 Å². The molecule has 0 aromatic heterocycles. The predicted octanol–water partition coefficient (Wildman–Crippen LogP) is 0.970. The van der Waals surface area contributed by atoms with Gasteiger partial charge in [-0.2, -0.15) is 0 Å². The van der Waals surface area contributed by atoms with Crippen LogP contribution in [0.1, 0.15) is 13.3 Å². The van der Waals surface area contributed by atoms with Crippen LogP contribution in [0.25, 0.3) is 0 Å². The van der Waals surface area contributed by atoms with Gasteiger partial charge in [0.1, 0.15) is 12.7 Å². The van der Waals surface area contributed by atoms with Crippen LogP contribution < -0.4 is 14.8 Å². The SMILES string of the molecule is CCCN1CCN(CC(=O)NCC2COc3ccccc3O2)CC1. The summed E-state index contributed by atoms with van der Waals surface area (Å²) >= 11 is 0. The molecule has 1 aromatic carbocycles. The van der Waals surface area contributed by atoms with Gasteiger partial charge >= 0.3 is 0 Å². The minimum absolute atomic E-state index is 0.0569. The highest BCUT2D eigenvalue weighted by Gasteiger charge is 2.22. The quantitative estimate of drug-likeness (QED) is 0.841. The second-order valence-electron chi connectivity index (χ2n) is 6.42. The largest absolute Gasteiger partial charge is 0.486 e. The highest BCUT2D eigenvalue weighted by molar-refractivity contribution is 5.78. The van der Waals surface area contributed by atoms with Crippen molar-refractivity contribution in [3.63, 3.8) is 0 Å². The molecule has 0 spiro atoms. The maximum Gasteiger partial charge on any atom is 0.234 e. The fourth-order valence-corrected chi connectivity index (χ4v) is 3.14. The minimum atomic E-state index is -0.134. The van der Waals surface area contributed by atoms with Gasteiger partial charge in [-0.25, -0.2) is 0 Å². The van der Waals surface area contributed by atoms with E-state index < -0.39 is 0 Å². The first-order valence-electron chi connectivity index (χ1n) is 8.84. The summed E-state index contributed by atoms with van der Waals surface area (Å²) in [6.07, 6.45) is 1.05. The first-order chi connectivity index (χ1) is 11.7. The van der Waals surface area contributed by atoms with Crippen molar-refractivity contribution in [2.24, 2.45) is 0 Å². The molecule has 0 radical (unpaired) electrons. The van der Waals surface area contributed by atoms with Gasteiger partial charge in [0, 0.05) is 26.2 Å². The zero-order chi connectivity index (χ0) is 16.8. The number of rotatable bonds is 6. The van der Waals surface area contributed by atoms with Crippen molar-refractivity contribution in [2.45, 2.75) is 19.4 Å². The van der Waals surface area contributed by atoms with Crippen LogP contribution in [-0.4, -0.2) is 74.2 Å². The number of amides is 1. The van der Waals surface area contributed by atoms with Crippen molar-refractivity contribution in [1.82, 2.24) is 15.1 Å². The fourth-order valence-electron chi connectivity index (χ4n) is 3.14. The second-order valence-corrected chi connectivity index (χ2v) is 6.42. The summed E-state index contributed by atoms with van der Waals surface area (Å²) in [5.74, 6) is 1.57. The summed E-state index contributed by atoms with van der Waals surface area (Å²) < 4.78 is 11.5. The third-order valence-corrected chi connectivity index (χ3v) is 4.47.